The third-order valence-electron chi connectivity index (χ3n) is 4.73. The van der Waals surface area contributed by atoms with Gasteiger partial charge in [0.2, 0.25) is 0 Å². The van der Waals surface area contributed by atoms with Crippen molar-refractivity contribution < 1.29 is 14.3 Å². The van der Waals surface area contributed by atoms with Gasteiger partial charge in [-0.05, 0) is 38.1 Å². The average molecular weight is 369 g/mol. The van der Waals surface area contributed by atoms with Gasteiger partial charge >= 0.3 is 12.0 Å². The average Bonchev–Trinajstić information content (AvgIpc) is 2.70. The molecule has 1 aromatic carbocycles. The first-order valence-electron chi connectivity index (χ1n) is 8.77. The SMILES string of the molecule is COC(=O)c1ccc(NC(=O)N2CCN(c3ncnc(C)c3C)CC2)cc1. The minimum atomic E-state index is -0.403. The van der Waals surface area contributed by atoms with Crippen LogP contribution >= 0.6 is 0 Å². The molecule has 2 aromatic rings. The van der Waals surface area contributed by atoms with Crippen LogP contribution in [0.15, 0.2) is 30.6 Å². The van der Waals surface area contributed by atoms with Crippen molar-refractivity contribution in [3.05, 3.63) is 47.4 Å². The number of aromatic nitrogens is 2. The molecule has 27 heavy (non-hydrogen) atoms. The number of carbonyl (C=O) groups excluding carboxylic acids is 2. The molecule has 0 saturated carbocycles. The number of esters is 1. The number of rotatable bonds is 3. The van der Waals surface area contributed by atoms with Crippen LogP contribution in [0, 0.1) is 13.8 Å². The lowest BCUT2D eigenvalue weighted by Crippen LogP contribution is -2.50. The van der Waals surface area contributed by atoms with Crippen molar-refractivity contribution in [1.29, 1.82) is 0 Å². The number of carbonyl (C=O) groups is 2. The van der Waals surface area contributed by atoms with E-state index in [2.05, 4.69) is 24.9 Å². The summed E-state index contributed by atoms with van der Waals surface area (Å²) in [5.74, 6) is 0.528. The van der Waals surface area contributed by atoms with Crippen molar-refractivity contribution in [2.45, 2.75) is 13.8 Å². The third kappa shape index (κ3) is 4.16. The highest BCUT2D eigenvalue weighted by atomic mass is 16.5. The van der Waals surface area contributed by atoms with E-state index in [0.717, 1.165) is 17.1 Å². The summed E-state index contributed by atoms with van der Waals surface area (Å²) in [6, 6.07) is 6.47. The van der Waals surface area contributed by atoms with E-state index < -0.39 is 5.97 Å². The fraction of sp³-hybridized carbons (Fsp3) is 0.368. The summed E-state index contributed by atoms with van der Waals surface area (Å²) < 4.78 is 4.67. The number of ether oxygens (including phenoxy) is 1. The largest absolute Gasteiger partial charge is 0.465 e. The topological polar surface area (TPSA) is 87.7 Å². The minimum absolute atomic E-state index is 0.156. The van der Waals surface area contributed by atoms with E-state index in [0.29, 0.717) is 37.4 Å². The van der Waals surface area contributed by atoms with Crippen LogP contribution < -0.4 is 10.2 Å². The van der Waals surface area contributed by atoms with Crippen LogP contribution in [0.4, 0.5) is 16.3 Å². The summed E-state index contributed by atoms with van der Waals surface area (Å²) in [6.07, 6.45) is 1.58. The Balaban J connectivity index is 1.57. The summed E-state index contributed by atoms with van der Waals surface area (Å²) in [6.45, 7) is 6.62. The number of anilines is 2. The lowest BCUT2D eigenvalue weighted by Gasteiger charge is -2.36. The van der Waals surface area contributed by atoms with Crippen molar-refractivity contribution in [2.75, 3.05) is 43.5 Å². The maximum Gasteiger partial charge on any atom is 0.337 e. The van der Waals surface area contributed by atoms with Crippen molar-refractivity contribution >= 4 is 23.5 Å². The van der Waals surface area contributed by atoms with Crippen LogP contribution in [0.5, 0.6) is 0 Å². The van der Waals surface area contributed by atoms with Gasteiger partial charge in [0.05, 0.1) is 12.7 Å². The fourth-order valence-corrected chi connectivity index (χ4v) is 2.98. The second-order valence-electron chi connectivity index (χ2n) is 6.38. The van der Waals surface area contributed by atoms with Gasteiger partial charge in [-0.1, -0.05) is 0 Å². The Morgan fingerprint density at radius 3 is 2.33 bits per heavy atom. The standard InChI is InChI=1S/C19H23N5O3/c1-13-14(2)20-12-21-17(13)23-8-10-24(11-9-23)19(26)22-16-6-4-15(5-7-16)18(25)27-3/h4-7,12H,8-11H2,1-3H3,(H,22,26). The van der Waals surface area contributed by atoms with Gasteiger partial charge in [-0.2, -0.15) is 0 Å². The molecule has 0 unspecified atom stereocenters. The van der Waals surface area contributed by atoms with E-state index in [1.54, 1.807) is 35.5 Å². The van der Waals surface area contributed by atoms with Crippen molar-refractivity contribution in [3.8, 4) is 0 Å². The molecule has 3 rings (SSSR count). The Kier molecular flexibility index (Phi) is 5.54. The molecule has 1 aliphatic heterocycles. The highest BCUT2D eigenvalue weighted by molar-refractivity contribution is 5.92. The number of urea groups is 1. The van der Waals surface area contributed by atoms with Crippen LogP contribution in [-0.2, 0) is 4.74 Å². The van der Waals surface area contributed by atoms with E-state index in [4.69, 9.17) is 0 Å². The number of benzene rings is 1. The van der Waals surface area contributed by atoms with Gasteiger partial charge in [-0.15, -0.1) is 0 Å². The minimum Gasteiger partial charge on any atom is -0.465 e. The number of aryl methyl sites for hydroxylation is 1. The maximum absolute atomic E-state index is 12.5. The van der Waals surface area contributed by atoms with Gasteiger partial charge in [0, 0.05) is 43.1 Å². The Bertz CT molecular complexity index is 830. The number of nitrogens with one attached hydrogen (secondary N) is 1. The molecular formula is C19H23N5O3. The molecule has 2 amide bonds. The molecule has 0 bridgehead atoms. The molecule has 1 saturated heterocycles. The molecule has 1 N–H and O–H groups in total. The van der Waals surface area contributed by atoms with E-state index >= 15 is 0 Å². The molecule has 0 spiro atoms. The van der Waals surface area contributed by atoms with E-state index in [1.165, 1.54) is 7.11 Å². The second kappa shape index (κ2) is 8.03. The first-order valence-corrected chi connectivity index (χ1v) is 8.77. The van der Waals surface area contributed by atoms with Crippen LogP contribution in [0.25, 0.3) is 0 Å². The van der Waals surface area contributed by atoms with Crippen LogP contribution in [0.3, 0.4) is 0 Å². The van der Waals surface area contributed by atoms with Crippen molar-refractivity contribution in [2.24, 2.45) is 0 Å². The van der Waals surface area contributed by atoms with Crippen molar-refractivity contribution in [1.82, 2.24) is 14.9 Å². The number of piperazine rings is 1. The lowest BCUT2D eigenvalue weighted by molar-refractivity contribution is 0.0600. The Morgan fingerprint density at radius 1 is 1.04 bits per heavy atom. The Hall–Kier alpha value is -3.16. The normalized spacial score (nSPS) is 14.0. The molecule has 142 valence electrons. The van der Waals surface area contributed by atoms with E-state index in [-0.39, 0.29) is 6.03 Å². The Labute approximate surface area is 158 Å². The number of methoxy groups -OCH3 is 1. The molecule has 8 heteroatoms. The van der Waals surface area contributed by atoms with Crippen LogP contribution in [0.2, 0.25) is 0 Å². The van der Waals surface area contributed by atoms with E-state index in [1.807, 2.05) is 13.8 Å². The van der Waals surface area contributed by atoms with Gasteiger partial charge in [0.15, 0.2) is 0 Å². The number of hydrogen-bond donors (Lipinski definition) is 1. The molecule has 0 aliphatic carbocycles. The lowest BCUT2D eigenvalue weighted by atomic mass is 10.2. The van der Waals surface area contributed by atoms with Gasteiger partial charge in [0.1, 0.15) is 12.1 Å². The number of hydrogen-bond acceptors (Lipinski definition) is 6. The quantitative estimate of drug-likeness (QED) is 0.835. The van der Waals surface area contributed by atoms with Crippen LogP contribution in [-0.4, -0.2) is 60.2 Å². The molecule has 1 fully saturated rings. The predicted octanol–water partition coefficient (Wildman–Crippen LogP) is 2.23. The summed E-state index contributed by atoms with van der Waals surface area (Å²) in [4.78, 5) is 36.5. The second-order valence-corrected chi connectivity index (χ2v) is 6.38. The molecule has 8 nitrogen and oxygen atoms in total. The summed E-state index contributed by atoms with van der Waals surface area (Å²) >= 11 is 0. The van der Waals surface area contributed by atoms with Gasteiger partial charge in [-0.3, -0.25) is 0 Å². The highest BCUT2D eigenvalue weighted by Gasteiger charge is 2.23. The first kappa shape index (κ1) is 18.6. The van der Waals surface area contributed by atoms with Crippen LogP contribution in [0.1, 0.15) is 21.6 Å². The smallest absolute Gasteiger partial charge is 0.337 e. The zero-order chi connectivity index (χ0) is 19.4. The predicted molar refractivity (Wildman–Crippen MR) is 102 cm³/mol. The van der Waals surface area contributed by atoms with Gasteiger partial charge in [-0.25, -0.2) is 19.6 Å². The molecule has 1 aromatic heterocycles. The maximum atomic E-state index is 12.5. The van der Waals surface area contributed by atoms with Gasteiger partial charge in [0.25, 0.3) is 0 Å². The number of amides is 2. The highest BCUT2D eigenvalue weighted by Crippen LogP contribution is 2.20. The zero-order valence-corrected chi connectivity index (χ0v) is 15.7. The summed E-state index contributed by atoms with van der Waals surface area (Å²) in [5.41, 5.74) is 3.12. The summed E-state index contributed by atoms with van der Waals surface area (Å²) in [5, 5.41) is 2.86. The molecule has 2 heterocycles. The monoisotopic (exact) mass is 369 g/mol. The Morgan fingerprint density at radius 2 is 1.70 bits per heavy atom. The number of nitrogens with zero attached hydrogens (tertiary/aromatic N) is 4. The fourth-order valence-electron chi connectivity index (χ4n) is 2.98. The third-order valence-corrected chi connectivity index (χ3v) is 4.73. The van der Waals surface area contributed by atoms with E-state index in [9.17, 15) is 9.59 Å². The molecule has 0 atom stereocenters. The van der Waals surface area contributed by atoms with Gasteiger partial charge < -0.3 is 19.9 Å². The zero-order valence-electron chi connectivity index (χ0n) is 15.7. The van der Waals surface area contributed by atoms with Crippen molar-refractivity contribution in [3.63, 3.8) is 0 Å². The molecule has 1 aliphatic rings. The summed E-state index contributed by atoms with van der Waals surface area (Å²) in [7, 11) is 1.34. The molecule has 0 radical (unpaired) electrons. The molecular weight excluding hydrogens is 346 g/mol. The first-order chi connectivity index (χ1) is 13.0.